The Balaban J connectivity index is 1.29. The van der Waals surface area contributed by atoms with Crippen LogP contribution >= 0.6 is 11.6 Å². The predicted octanol–water partition coefficient (Wildman–Crippen LogP) is 2.66. The number of hydrogen-bond acceptors (Lipinski definition) is 7. The molecule has 1 unspecified atom stereocenters. The van der Waals surface area contributed by atoms with E-state index in [1.54, 1.807) is 11.1 Å². The third kappa shape index (κ3) is 5.25. The molecule has 0 bridgehead atoms. The Morgan fingerprint density at radius 1 is 1.38 bits per heavy atom. The molecule has 2 aromatic rings. The standard InChI is InChI=1S/C27H30ClN5O4/c1-16-4-3-5-17(8-16)22(12-34)31-23(35)11-33-15-27(2)7-6-18(9-20(27)25(33)36)24-21(28)10-29-26(32-24)30-19-13-37-14-19/h3-6,8-10,19,22,34H,7,11-15H2,1-2H3,(H,31,35)(H,29,30,32)/t22-,27?/m1/s1. The molecule has 3 aliphatic rings. The number of nitrogens with one attached hydrogen (secondary N) is 2. The number of carbonyl (C=O) groups is 2. The molecule has 3 N–H and O–H groups in total. The molecule has 0 radical (unpaired) electrons. The van der Waals surface area contributed by atoms with Gasteiger partial charge in [-0.2, -0.15) is 0 Å². The lowest BCUT2D eigenvalue weighted by molar-refractivity contribution is -0.131. The van der Waals surface area contributed by atoms with E-state index in [1.165, 1.54) is 0 Å². The summed E-state index contributed by atoms with van der Waals surface area (Å²) in [6.45, 7) is 5.30. The number of rotatable bonds is 8. The smallest absolute Gasteiger partial charge is 0.250 e. The molecule has 1 aromatic carbocycles. The molecule has 2 saturated heterocycles. The molecular formula is C27H30ClN5O4. The molecule has 2 fully saturated rings. The Morgan fingerprint density at radius 3 is 2.89 bits per heavy atom. The maximum Gasteiger partial charge on any atom is 0.250 e. The summed E-state index contributed by atoms with van der Waals surface area (Å²) in [4.78, 5) is 36.7. The zero-order valence-electron chi connectivity index (χ0n) is 20.8. The lowest BCUT2D eigenvalue weighted by Crippen LogP contribution is -2.41. The van der Waals surface area contributed by atoms with Crippen LogP contribution in [0.3, 0.4) is 0 Å². The summed E-state index contributed by atoms with van der Waals surface area (Å²) in [6, 6.07) is 7.26. The van der Waals surface area contributed by atoms with Crippen molar-refractivity contribution in [2.45, 2.75) is 32.4 Å². The van der Waals surface area contributed by atoms with Crippen LogP contribution in [-0.2, 0) is 14.3 Å². The molecule has 9 nitrogen and oxygen atoms in total. The number of aliphatic hydroxyl groups excluding tert-OH is 1. The van der Waals surface area contributed by atoms with Crippen LogP contribution < -0.4 is 10.6 Å². The minimum absolute atomic E-state index is 0.0881. The molecule has 3 heterocycles. The van der Waals surface area contributed by atoms with Crippen molar-refractivity contribution in [2.75, 3.05) is 38.2 Å². The third-order valence-corrected chi connectivity index (χ3v) is 7.34. The molecule has 0 saturated carbocycles. The average Bonchev–Trinajstić information content (AvgIpc) is 3.09. The molecule has 2 atom stereocenters. The Bertz CT molecular complexity index is 1290. The largest absolute Gasteiger partial charge is 0.394 e. The first kappa shape index (κ1) is 25.4. The monoisotopic (exact) mass is 523 g/mol. The number of hydrogen-bond donors (Lipinski definition) is 3. The number of likely N-dealkylation sites (tertiary alicyclic amines) is 1. The van der Waals surface area contributed by atoms with E-state index >= 15 is 0 Å². The van der Waals surface area contributed by atoms with Gasteiger partial charge in [-0.25, -0.2) is 9.97 Å². The maximum atomic E-state index is 13.4. The average molecular weight is 524 g/mol. The highest BCUT2D eigenvalue weighted by Crippen LogP contribution is 2.45. The topological polar surface area (TPSA) is 117 Å². The highest BCUT2D eigenvalue weighted by Gasteiger charge is 2.46. The number of aromatic nitrogens is 2. The summed E-state index contributed by atoms with van der Waals surface area (Å²) >= 11 is 6.43. The van der Waals surface area contributed by atoms with Crippen molar-refractivity contribution in [1.82, 2.24) is 20.2 Å². The van der Waals surface area contributed by atoms with Crippen molar-refractivity contribution in [1.29, 1.82) is 0 Å². The first-order valence-corrected chi connectivity index (χ1v) is 12.7. The predicted molar refractivity (Wildman–Crippen MR) is 140 cm³/mol. The Kier molecular flexibility index (Phi) is 7.02. The summed E-state index contributed by atoms with van der Waals surface area (Å²) < 4.78 is 5.19. The maximum absolute atomic E-state index is 13.4. The van der Waals surface area contributed by atoms with Crippen LogP contribution in [0.5, 0.6) is 0 Å². The van der Waals surface area contributed by atoms with Crippen molar-refractivity contribution < 1.29 is 19.4 Å². The number of fused-ring (bicyclic) bond motifs is 1. The van der Waals surface area contributed by atoms with Gasteiger partial charge < -0.3 is 25.4 Å². The SMILES string of the molecule is Cc1cccc([C@@H](CO)NC(=O)CN2CC3(C)CC=C(c4nc(NC5COC5)ncc4Cl)C=C3C2=O)c1. The van der Waals surface area contributed by atoms with Crippen molar-refractivity contribution in [3.05, 3.63) is 70.0 Å². The van der Waals surface area contributed by atoms with Gasteiger partial charge in [0.05, 0.1) is 55.4 Å². The van der Waals surface area contributed by atoms with Gasteiger partial charge in [0.1, 0.15) is 0 Å². The second kappa shape index (κ2) is 10.2. The molecule has 1 aromatic heterocycles. The normalized spacial score (nSPS) is 22.1. The fourth-order valence-electron chi connectivity index (χ4n) is 4.93. The van der Waals surface area contributed by atoms with E-state index in [2.05, 4.69) is 20.6 Å². The number of nitrogens with zero attached hydrogens (tertiary/aromatic N) is 3. The number of aliphatic hydroxyl groups is 1. The summed E-state index contributed by atoms with van der Waals surface area (Å²) in [5.41, 5.74) is 3.38. The molecule has 10 heteroatoms. The van der Waals surface area contributed by atoms with E-state index in [4.69, 9.17) is 16.3 Å². The van der Waals surface area contributed by atoms with Crippen LogP contribution in [0.1, 0.15) is 36.2 Å². The van der Waals surface area contributed by atoms with Gasteiger partial charge in [-0.15, -0.1) is 0 Å². The van der Waals surface area contributed by atoms with Crippen molar-refractivity contribution in [3.8, 4) is 0 Å². The lowest BCUT2D eigenvalue weighted by atomic mass is 9.76. The van der Waals surface area contributed by atoms with Crippen LogP contribution in [-0.4, -0.2) is 70.7 Å². The van der Waals surface area contributed by atoms with Gasteiger partial charge >= 0.3 is 0 Å². The van der Waals surface area contributed by atoms with Crippen LogP contribution in [0.15, 0.2) is 48.2 Å². The minimum atomic E-state index is -0.537. The lowest BCUT2D eigenvalue weighted by Gasteiger charge is -2.28. The van der Waals surface area contributed by atoms with Crippen LogP contribution in [0, 0.1) is 12.3 Å². The first-order valence-electron chi connectivity index (χ1n) is 12.3. The van der Waals surface area contributed by atoms with Crippen LogP contribution in [0.25, 0.3) is 5.57 Å². The van der Waals surface area contributed by atoms with Crippen molar-refractivity contribution in [2.24, 2.45) is 5.41 Å². The van der Waals surface area contributed by atoms with Gasteiger partial charge in [0.25, 0.3) is 5.91 Å². The summed E-state index contributed by atoms with van der Waals surface area (Å²) in [5.74, 6) is -0.0441. The molecular weight excluding hydrogens is 494 g/mol. The van der Waals surface area contributed by atoms with Crippen LogP contribution in [0.4, 0.5) is 5.95 Å². The van der Waals surface area contributed by atoms with Gasteiger partial charge in [0.15, 0.2) is 0 Å². The van der Waals surface area contributed by atoms with E-state index in [0.717, 1.165) is 16.7 Å². The fraction of sp³-hybridized carbons (Fsp3) is 0.407. The van der Waals surface area contributed by atoms with E-state index in [-0.39, 0.29) is 31.0 Å². The van der Waals surface area contributed by atoms with Crippen molar-refractivity contribution in [3.63, 3.8) is 0 Å². The number of amides is 2. The van der Waals surface area contributed by atoms with E-state index in [9.17, 15) is 14.7 Å². The van der Waals surface area contributed by atoms with Gasteiger partial charge in [0.2, 0.25) is 11.9 Å². The highest BCUT2D eigenvalue weighted by atomic mass is 35.5. The Morgan fingerprint density at radius 2 is 2.19 bits per heavy atom. The van der Waals surface area contributed by atoms with Gasteiger partial charge in [-0.3, -0.25) is 9.59 Å². The number of aryl methyl sites for hydroxylation is 1. The van der Waals surface area contributed by atoms with Gasteiger partial charge in [-0.05, 0) is 30.6 Å². The summed E-state index contributed by atoms with van der Waals surface area (Å²) in [6.07, 6.45) is 6.03. The third-order valence-electron chi connectivity index (χ3n) is 7.07. The molecule has 37 heavy (non-hydrogen) atoms. The zero-order chi connectivity index (χ0) is 26.2. The molecule has 5 rings (SSSR count). The quantitative estimate of drug-likeness (QED) is 0.487. The second-order valence-electron chi connectivity index (χ2n) is 10.1. The number of allylic oxidation sites excluding steroid dienone is 3. The number of ether oxygens (including phenoxy) is 1. The Hall–Kier alpha value is -3.27. The Labute approximate surface area is 220 Å². The first-order chi connectivity index (χ1) is 17.8. The minimum Gasteiger partial charge on any atom is -0.394 e. The van der Waals surface area contributed by atoms with Gasteiger partial charge in [-0.1, -0.05) is 54.4 Å². The second-order valence-corrected chi connectivity index (χ2v) is 10.5. The molecule has 1 aliphatic carbocycles. The molecule has 0 spiro atoms. The van der Waals surface area contributed by atoms with Gasteiger partial charge in [0, 0.05) is 17.5 Å². The molecule has 2 amide bonds. The number of benzene rings is 1. The number of halogens is 1. The summed E-state index contributed by atoms with van der Waals surface area (Å²) in [5, 5.41) is 16.3. The summed E-state index contributed by atoms with van der Waals surface area (Å²) in [7, 11) is 0. The molecule has 194 valence electrons. The number of carbonyl (C=O) groups excluding carboxylic acids is 2. The van der Waals surface area contributed by atoms with Crippen LogP contribution in [0.2, 0.25) is 5.02 Å². The number of anilines is 1. The molecule has 2 aliphatic heterocycles. The van der Waals surface area contributed by atoms with E-state index < -0.39 is 11.5 Å². The van der Waals surface area contributed by atoms with E-state index in [1.807, 2.05) is 50.3 Å². The fourth-order valence-corrected chi connectivity index (χ4v) is 5.14. The van der Waals surface area contributed by atoms with Crippen molar-refractivity contribution >= 4 is 34.9 Å². The highest BCUT2D eigenvalue weighted by molar-refractivity contribution is 6.32. The van der Waals surface area contributed by atoms with E-state index in [0.29, 0.717) is 48.4 Å². The zero-order valence-corrected chi connectivity index (χ0v) is 21.6.